The van der Waals surface area contributed by atoms with Gasteiger partial charge in [-0.05, 0) is 43.0 Å². The van der Waals surface area contributed by atoms with Gasteiger partial charge >= 0.3 is 0 Å². The van der Waals surface area contributed by atoms with E-state index in [4.69, 9.17) is 5.73 Å². The lowest BCUT2D eigenvalue weighted by Gasteiger charge is -2.32. The number of nitrogens with zero attached hydrogens (tertiary/aromatic N) is 2. The van der Waals surface area contributed by atoms with Crippen molar-refractivity contribution >= 4 is 11.6 Å². The molecule has 0 saturated heterocycles. The van der Waals surface area contributed by atoms with E-state index in [0.717, 1.165) is 12.2 Å². The van der Waals surface area contributed by atoms with Crippen molar-refractivity contribution in [3.63, 3.8) is 0 Å². The number of anilines is 1. The van der Waals surface area contributed by atoms with Crippen LogP contribution in [-0.4, -0.2) is 18.5 Å². The topological polar surface area (TPSA) is 41.6 Å². The Morgan fingerprint density at radius 1 is 1.05 bits per heavy atom. The van der Waals surface area contributed by atoms with E-state index >= 15 is 0 Å². The van der Waals surface area contributed by atoms with Gasteiger partial charge in [0.1, 0.15) is 5.82 Å². The Hall–Kier alpha value is -1.58. The summed E-state index contributed by atoms with van der Waals surface area (Å²) in [5, 5.41) is 0. The minimum Gasteiger partial charge on any atom is -0.370 e. The molecule has 1 unspecified atom stereocenters. The van der Waals surface area contributed by atoms with Crippen molar-refractivity contribution < 1.29 is 4.39 Å². The number of nitrogens with two attached hydrogens (primary N) is 1. The molecule has 1 aliphatic heterocycles. The van der Waals surface area contributed by atoms with Crippen molar-refractivity contribution in [1.29, 1.82) is 0 Å². The molecule has 2 aliphatic rings. The fourth-order valence-corrected chi connectivity index (χ4v) is 3.50. The Balaban J connectivity index is 1.82. The van der Waals surface area contributed by atoms with Crippen LogP contribution in [0.4, 0.5) is 10.1 Å². The molecule has 4 heteroatoms. The molecule has 1 fully saturated rings. The second-order valence-electron chi connectivity index (χ2n) is 5.86. The van der Waals surface area contributed by atoms with Crippen molar-refractivity contribution in [2.45, 2.75) is 44.6 Å². The Labute approximate surface area is 119 Å². The average molecular weight is 275 g/mol. The summed E-state index contributed by atoms with van der Waals surface area (Å²) in [5.41, 5.74) is 7.03. The number of hydrogen-bond acceptors (Lipinski definition) is 3. The molecule has 1 heterocycles. The first kappa shape index (κ1) is 13.4. The second kappa shape index (κ2) is 5.81. The molecule has 1 saturated carbocycles. The molecular formula is C16H22FN3. The van der Waals surface area contributed by atoms with Crippen molar-refractivity contribution in [1.82, 2.24) is 0 Å². The van der Waals surface area contributed by atoms with E-state index in [1.165, 1.54) is 50.7 Å². The van der Waals surface area contributed by atoms with Crippen molar-refractivity contribution in [2.24, 2.45) is 16.6 Å². The highest BCUT2D eigenvalue weighted by Gasteiger charge is 2.33. The van der Waals surface area contributed by atoms with Crippen LogP contribution in [0.5, 0.6) is 0 Å². The SMILES string of the molecule is NC1=NCC(C2CCCCCC2)N1c1ccc(F)cc1. The molecule has 0 aromatic heterocycles. The molecule has 1 atom stereocenters. The van der Waals surface area contributed by atoms with Crippen molar-refractivity contribution in [2.75, 3.05) is 11.4 Å². The van der Waals surface area contributed by atoms with Crippen LogP contribution in [-0.2, 0) is 0 Å². The number of halogens is 1. The van der Waals surface area contributed by atoms with Gasteiger partial charge in [-0.1, -0.05) is 25.7 Å². The Kier molecular flexibility index (Phi) is 3.90. The molecule has 2 N–H and O–H groups in total. The van der Waals surface area contributed by atoms with Crippen LogP contribution >= 0.6 is 0 Å². The first-order valence-electron chi connectivity index (χ1n) is 7.60. The molecule has 1 aromatic carbocycles. The van der Waals surface area contributed by atoms with E-state index in [9.17, 15) is 4.39 Å². The quantitative estimate of drug-likeness (QED) is 0.841. The zero-order valence-electron chi connectivity index (χ0n) is 11.8. The monoisotopic (exact) mass is 275 g/mol. The van der Waals surface area contributed by atoms with Gasteiger partial charge < -0.3 is 10.6 Å². The van der Waals surface area contributed by atoms with Crippen LogP contribution in [0.25, 0.3) is 0 Å². The van der Waals surface area contributed by atoms with Gasteiger partial charge in [-0.25, -0.2) is 4.39 Å². The molecule has 0 bridgehead atoms. The zero-order chi connectivity index (χ0) is 13.9. The van der Waals surface area contributed by atoms with Gasteiger partial charge in [0, 0.05) is 5.69 Å². The number of hydrogen-bond donors (Lipinski definition) is 1. The van der Waals surface area contributed by atoms with Gasteiger partial charge in [0.25, 0.3) is 0 Å². The van der Waals surface area contributed by atoms with Crippen LogP contribution in [0.1, 0.15) is 38.5 Å². The van der Waals surface area contributed by atoms with Gasteiger partial charge in [-0.2, -0.15) is 0 Å². The first-order valence-corrected chi connectivity index (χ1v) is 7.60. The van der Waals surface area contributed by atoms with Crippen molar-refractivity contribution in [3.05, 3.63) is 30.1 Å². The van der Waals surface area contributed by atoms with Crippen LogP contribution in [0.15, 0.2) is 29.3 Å². The summed E-state index contributed by atoms with van der Waals surface area (Å²) >= 11 is 0. The fraction of sp³-hybridized carbons (Fsp3) is 0.562. The Morgan fingerprint density at radius 3 is 2.35 bits per heavy atom. The van der Waals surface area contributed by atoms with Crippen LogP contribution in [0, 0.1) is 11.7 Å². The summed E-state index contributed by atoms with van der Waals surface area (Å²) in [6.07, 6.45) is 7.80. The first-order chi connectivity index (χ1) is 9.75. The van der Waals surface area contributed by atoms with E-state index in [2.05, 4.69) is 9.89 Å². The number of rotatable bonds is 2. The number of guanidine groups is 1. The summed E-state index contributed by atoms with van der Waals surface area (Å²) in [5.74, 6) is 1.01. The molecule has 108 valence electrons. The normalized spacial score (nSPS) is 24.6. The highest BCUT2D eigenvalue weighted by atomic mass is 19.1. The van der Waals surface area contributed by atoms with E-state index in [0.29, 0.717) is 17.9 Å². The van der Waals surface area contributed by atoms with E-state index in [1.54, 1.807) is 12.1 Å². The standard InChI is InChI=1S/C16H22FN3/c17-13-7-9-14(10-8-13)20-15(11-19-16(20)18)12-5-3-1-2-4-6-12/h7-10,12,15H,1-6,11H2,(H2,18,19). The summed E-state index contributed by atoms with van der Waals surface area (Å²) in [7, 11) is 0. The van der Waals surface area contributed by atoms with Gasteiger partial charge in [0.2, 0.25) is 0 Å². The lowest BCUT2D eigenvalue weighted by molar-refractivity contribution is 0.389. The average Bonchev–Trinajstić information content (AvgIpc) is 2.67. The number of benzene rings is 1. The fourth-order valence-electron chi connectivity index (χ4n) is 3.50. The van der Waals surface area contributed by atoms with E-state index < -0.39 is 0 Å². The largest absolute Gasteiger partial charge is 0.370 e. The van der Waals surface area contributed by atoms with Crippen LogP contribution in [0.2, 0.25) is 0 Å². The minimum atomic E-state index is -0.213. The molecular weight excluding hydrogens is 253 g/mol. The predicted octanol–water partition coefficient (Wildman–Crippen LogP) is 3.30. The second-order valence-corrected chi connectivity index (χ2v) is 5.86. The van der Waals surface area contributed by atoms with Crippen LogP contribution in [0.3, 0.4) is 0 Å². The third-order valence-corrected chi connectivity index (χ3v) is 4.57. The third-order valence-electron chi connectivity index (χ3n) is 4.57. The van der Waals surface area contributed by atoms with Crippen LogP contribution < -0.4 is 10.6 Å². The Bertz CT molecular complexity index is 475. The van der Waals surface area contributed by atoms with Crippen molar-refractivity contribution in [3.8, 4) is 0 Å². The third kappa shape index (κ3) is 2.65. The maximum Gasteiger partial charge on any atom is 0.196 e. The molecule has 1 aliphatic carbocycles. The zero-order valence-corrected chi connectivity index (χ0v) is 11.8. The van der Waals surface area contributed by atoms with E-state index in [1.807, 2.05) is 0 Å². The molecule has 3 nitrogen and oxygen atoms in total. The molecule has 20 heavy (non-hydrogen) atoms. The van der Waals surface area contributed by atoms with Gasteiger partial charge in [0.15, 0.2) is 5.96 Å². The predicted molar refractivity (Wildman–Crippen MR) is 80.3 cm³/mol. The summed E-state index contributed by atoms with van der Waals surface area (Å²) in [6, 6.07) is 6.92. The lowest BCUT2D eigenvalue weighted by atomic mass is 9.91. The number of aliphatic imine (C=N–C) groups is 1. The molecule has 0 spiro atoms. The molecule has 0 radical (unpaired) electrons. The molecule has 3 rings (SSSR count). The Morgan fingerprint density at radius 2 is 1.70 bits per heavy atom. The van der Waals surface area contributed by atoms with Gasteiger partial charge in [-0.3, -0.25) is 4.99 Å². The maximum atomic E-state index is 13.1. The summed E-state index contributed by atoms with van der Waals surface area (Å²) < 4.78 is 13.1. The highest BCUT2D eigenvalue weighted by molar-refractivity contribution is 5.97. The molecule has 0 amide bonds. The summed E-state index contributed by atoms with van der Waals surface area (Å²) in [6.45, 7) is 0.772. The van der Waals surface area contributed by atoms with Gasteiger partial charge in [0.05, 0.1) is 12.6 Å². The highest BCUT2D eigenvalue weighted by Crippen LogP contribution is 2.32. The molecule has 1 aromatic rings. The summed E-state index contributed by atoms with van der Waals surface area (Å²) in [4.78, 5) is 6.54. The lowest BCUT2D eigenvalue weighted by Crippen LogP contribution is -2.44. The van der Waals surface area contributed by atoms with E-state index in [-0.39, 0.29) is 5.82 Å². The smallest absolute Gasteiger partial charge is 0.196 e. The maximum absolute atomic E-state index is 13.1. The van der Waals surface area contributed by atoms with Gasteiger partial charge in [-0.15, -0.1) is 0 Å². The minimum absolute atomic E-state index is 0.213.